The van der Waals surface area contributed by atoms with E-state index in [-0.39, 0.29) is 11.7 Å². The number of fused-ring (bicyclic) bond motifs is 1. The zero-order valence-electron chi connectivity index (χ0n) is 8.03. The van der Waals surface area contributed by atoms with Crippen LogP contribution in [0.3, 0.4) is 0 Å². The Morgan fingerprint density at radius 2 is 2.21 bits per heavy atom. The van der Waals surface area contributed by atoms with Gasteiger partial charge in [-0.05, 0) is 26.0 Å². The number of rotatable bonds is 2. The molecule has 1 aromatic carbocycles. The molecule has 14 heavy (non-hydrogen) atoms. The molecule has 74 valence electrons. The minimum absolute atomic E-state index is 0.0563. The molecule has 4 nitrogen and oxygen atoms in total. The van der Waals surface area contributed by atoms with Crippen molar-refractivity contribution < 1.29 is 9.26 Å². The second-order valence-corrected chi connectivity index (χ2v) is 3.33. The van der Waals surface area contributed by atoms with E-state index >= 15 is 0 Å². The summed E-state index contributed by atoms with van der Waals surface area (Å²) in [5, 5.41) is 2.80. The van der Waals surface area contributed by atoms with Crippen molar-refractivity contribution >= 4 is 11.0 Å². The number of hydrogen-bond donors (Lipinski definition) is 1. The molecule has 0 saturated heterocycles. The Morgan fingerprint density at radius 3 is 2.93 bits per heavy atom. The summed E-state index contributed by atoms with van der Waals surface area (Å²) in [6.45, 7) is 3.84. The van der Waals surface area contributed by atoms with Crippen LogP contribution in [0.25, 0.3) is 11.0 Å². The molecule has 0 aliphatic heterocycles. The lowest BCUT2D eigenvalue weighted by Crippen LogP contribution is -2.05. The van der Waals surface area contributed by atoms with E-state index < -0.39 is 0 Å². The number of ether oxygens (including phenoxy) is 1. The van der Waals surface area contributed by atoms with E-state index in [9.17, 15) is 4.79 Å². The fourth-order valence-electron chi connectivity index (χ4n) is 1.30. The largest absolute Gasteiger partial charge is 0.487 e. The van der Waals surface area contributed by atoms with E-state index in [1.807, 2.05) is 13.8 Å². The summed E-state index contributed by atoms with van der Waals surface area (Å²) >= 11 is 0. The van der Waals surface area contributed by atoms with Crippen molar-refractivity contribution in [1.29, 1.82) is 0 Å². The van der Waals surface area contributed by atoms with E-state index in [0.717, 1.165) is 0 Å². The average Bonchev–Trinajstić information content (AvgIpc) is 2.49. The molecule has 0 atom stereocenters. The van der Waals surface area contributed by atoms with E-state index in [1.165, 1.54) is 0 Å². The summed E-state index contributed by atoms with van der Waals surface area (Å²) in [7, 11) is 0. The van der Waals surface area contributed by atoms with Gasteiger partial charge in [0.05, 0.1) is 11.5 Å². The molecule has 2 aromatic rings. The highest BCUT2D eigenvalue weighted by Crippen LogP contribution is 2.23. The van der Waals surface area contributed by atoms with Gasteiger partial charge in [-0.15, -0.1) is 0 Å². The molecule has 0 saturated carbocycles. The molecular formula is C10H11NO3. The molecule has 1 N–H and O–H groups in total. The van der Waals surface area contributed by atoms with Gasteiger partial charge < -0.3 is 9.26 Å². The number of hydrogen-bond acceptors (Lipinski definition) is 3. The molecular weight excluding hydrogens is 182 g/mol. The summed E-state index contributed by atoms with van der Waals surface area (Å²) in [5.41, 5.74) is 0.250. The first-order valence-corrected chi connectivity index (χ1v) is 4.45. The van der Waals surface area contributed by atoms with Crippen LogP contribution in [0.2, 0.25) is 0 Å². The van der Waals surface area contributed by atoms with Gasteiger partial charge in [0.25, 0.3) is 5.56 Å². The maximum Gasteiger partial charge on any atom is 0.287 e. The van der Waals surface area contributed by atoms with Crippen molar-refractivity contribution in [3.05, 3.63) is 28.6 Å². The van der Waals surface area contributed by atoms with Crippen molar-refractivity contribution in [2.45, 2.75) is 20.0 Å². The average molecular weight is 193 g/mol. The Bertz CT molecular complexity index is 495. The normalized spacial score (nSPS) is 11.1. The molecule has 1 heterocycles. The third-order valence-corrected chi connectivity index (χ3v) is 1.83. The van der Waals surface area contributed by atoms with Crippen LogP contribution in [0.4, 0.5) is 0 Å². The van der Waals surface area contributed by atoms with Gasteiger partial charge in [-0.1, -0.05) is 6.07 Å². The van der Waals surface area contributed by atoms with E-state index in [1.54, 1.807) is 18.2 Å². The number of nitrogens with one attached hydrogen (secondary N) is 1. The predicted octanol–water partition coefficient (Wildman–Crippen LogP) is 1.91. The predicted molar refractivity (Wildman–Crippen MR) is 52.6 cm³/mol. The lowest BCUT2D eigenvalue weighted by atomic mass is 10.2. The number of para-hydroxylation sites is 1. The topological polar surface area (TPSA) is 55.2 Å². The number of aromatic nitrogens is 1. The maximum atomic E-state index is 11.2. The van der Waals surface area contributed by atoms with Crippen LogP contribution in [0, 0.1) is 0 Å². The van der Waals surface area contributed by atoms with E-state index in [0.29, 0.717) is 16.7 Å². The van der Waals surface area contributed by atoms with Crippen LogP contribution in [-0.2, 0) is 0 Å². The van der Waals surface area contributed by atoms with Crippen LogP contribution < -0.4 is 10.3 Å². The summed E-state index contributed by atoms with van der Waals surface area (Å²) in [6, 6.07) is 5.24. The molecule has 1 aromatic heterocycles. The molecule has 0 amide bonds. The maximum absolute atomic E-state index is 11.2. The Morgan fingerprint density at radius 1 is 1.43 bits per heavy atom. The summed E-state index contributed by atoms with van der Waals surface area (Å²) in [6.07, 6.45) is 0.0563. The van der Waals surface area contributed by atoms with Gasteiger partial charge in [0, 0.05) is 0 Å². The van der Waals surface area contributed by atoms with Crippen LogP contribution >= 0.6 is 0 Å². The van der Waals surface area contributed by atoms with Crippen molar-refractivity contribution in [2.75, 3.05) is 0 Å². The zero-order valence-corrected chi connectivity index (χ0v) is 8.03. The van der Waals surface area contributed by atoms with Gasteiger partial charge in [0.2, 0.25) is 5.58 Å². The Balaban J connectivity index is 2.60. The van der Waals surface area contributed by atoms with Gasteiger partial charge in [-0.2, -0.15) is 5.16 Å². The summed E-state index contributed by atoms with van der Waals surface area (Å²) in [5.74, 6) is 0.593. The Kier molecular flexibility index (Phi) is 2.04. The minimum atomic E-state index is -0.228. The molecule has 0 aliphatic carbocycles. The van der Waals surface area contributed by atoms with Crippen molar-refractivity contribution in [1.82, 2.24) is 5.16 Å². The van der Waals surface area contributed by atoms with Crippen LogP contribution in [0.1, 0.15) is 13.8 Å². The van der Waals surface area contributed by atoms with Gasteiger partial charge in [-0.25, -0.2) is 0 Å². The molecule has 2 rings (SSSR count). The van der Waals surface area contributed by atoms with E-state index in [2.05, 4.69) is 5.16 Å². The summed E-state index contributed by atoms with van der Waals surface area (Å²) in [4.78, 5) is 11.2. The zero-order chi connectivity index (χ0) is 10.1. The first kappa shape index (κ1) is 8.87. The molecule has 0 radical (unpaired) electrons. The number of benzene rings is 1. The monoisotopic (exact) mass is 193 g/mol. The third-order valence-electron chi connectivity index (χ3n) is 1.83. The quantitative estimate of drug-likeness (QED) is 0.792. The Labute approximate surface area is 80.4 Å². The highest BCUT2D eigenvalue weighted by Gasteiger charge is 2.09. The molecule has 0 spiro atoms. The van der Waals surface area contributed by atoms with Crippen LogP contribution in [0.5, 0.6) is 5.75 Å². The van der Waals surface area contributed by atoms with Gasteiger partial charge >= 0.3 is 0 Å². The van der Waals surface area contributed by atoms with Gasteiger partial charge in [0.15, 0.2) is 5.75 Å². The highest BCUT2D eigenvalue weighted by atomic mass is 16.5. The third kappa shape index (κ3) is 1.39. The number of aromatic amines is 1. The second kappa shape index (κ2) is 3.21. The first-order chi connectivity index (χ1) is 6.68. The molecule has 4 heteroatoms. The van der Waals surface area contributed by atoms with Crippen LogP contribution in [-0.4, -0.2) is 11.3 Å². The molecule has 0 fully saturated rings. The smallest absolute Gasteiger partial charge is 0.287 e. The van der Waals surface area contributed by atoms with Crippen molar-refractivity contribution in [3.8, 4) is 5.75 Å². The standard InChI is InChI=1S/C10H11NO3/c1-6(2)13-8-5-3-4-7-9(8)14-11-10(7)12/h3-6H,1-2H3,(H,11,12). The van der Waals surface area contributed by atoms with Crippen LogP contribution in [0.15, 0.2) is 27.5 Å². The fourth-order valence-corrected chi connectivity index (χ4v) is 1.30. The lowest BCUT2D eigenvalue weighted by Gasteiger charge is -2.08. The Hall–Kier alpha value is -1.71. The van der Waals surface area contributed by atoms with Gasteiger partial charge in [0.1, 0.15) is 0 Å². The SMILES string of the molecule is CC(C)Oc1cccc2c(=O)[nH]oc12. The highest BCUT2D eigenvalue weighted by molar-refractivity contribution is 5.81. The lowest BCUT2D eigenvalue weighted by molar-refractivity contribution is 0.240. The van der Waals surface area contributed by atoms with Crippen molar-refractivity contribution in [3.63, 3.8) is 0 Å². The first-order valence-electron chi connectivity index (χ1n) is 4.45. The molecule has 0 bridgehead atoms. The van der Waals surface area contributed by atoms with Crippen molar-refractivity contribution in [2.24, 2.45) is 0 Å². The number of H-pyrrole nitrogens is 1. The molecule has 0 aliphatic rings. The second-order valence-electron chi connectivity index (χ2n) is 3.33. The fraction of sp³-hybridized carbons (Fsp3) is 0.300. The summed E-state index contributed by atoms with van der Waals surface area (Å²) < 4.78 is 10.5. The van der Waals surface area contributed by atoms with E-state index in [4.69, 9.17) is 9.26 Å². The van der Waals surface area contributed by atoms with Gasteiger partial charge in [-0.3, -0.25) is 4.79 Å². The molecule has 0 unspecified atom stereocenters. The minimum Gasteiger partial charge on any atom is -0.487 e.